The minimum absolute atomic E-state index is 0.0491. The monoisotopic (exact) mass is 679 g/mol. The van der Waals surface area contributed by atoms with E-state index in [0.29, 0.717) is 38.7 Å². The number of hydrogen-bond donors (Lipinski definition) is 2. The minimum Gasteiger partial charge on any atom is -0.456 e. The molecule has 3 aliphatic heterocycles. The summed E-state index contributed by atoms with van der Waals surface area (Å²) in [7, 11) is 0. The van der Waals surface area contributed by atoms with E-state index in [1.807, 2.05) is 0 Å². The zero-order valence-corrected chi connectivity index (χ0v) is 26.5. The molecule has 5 aromatic carbocycles. The zero-order chi connectivity index (χ0) is 35.3. The van der Waals surface area contributed by atoms with Crippen molar-refractivity contribution in [3.8, 4) is 11.5 Å². The molecule has 1 saturated heterocycles. The van der Waals surface area contributed by atoms with Gasteiger partial charge in [0.25, 0.3) is 23.6 Å². The molecule has 3 heterocycles. The molecular formula is C39H25N3O9. The van der Waals surface area contributed by atoms with Crippen LogP contribution in [0, 0.1) is 0 Å². The molecule has 1 fully saturated rings. The van der Waals surface area contributed by atoms with E-state index in [0.717, 1.165) is 0 Å². The van der Waals surface area contributed by atoms with Gasteiger partial charge in [0.15, 0.2) is 5.60 Å². The number of esters is 1. The van der Waals surface area contributed by atoms with Gasteiger partial charge in [-0.05, 0) is 66.7 Å². The Hall–Kier alpha value is -7.08. The third-order valence-corrected chi connectivity index (χ3v) is 8.81. The van der Waals surface area contributed by atoms with Crippen LogP contribution in [0.2, 0.25) is 0 Å². The molecule has 0 aliphatic carbocycles. The molecule has 0 radical (unpaired) electrons. The van der Waals surface area contributed by atoms with Crippen LogP contribution in [0.25, 0.3) is 0 Å². The van der Waals surface area contributed by atoms with Crippen molar-refractivity contribution < 1.29 is 43.1 Å². The topological polar surface area (TPSA) is 157 Å². The van der Waals surface area contributed by atoms with Crippen molar-refractivity contribution in [2.75, 3.05) is 10.6 Å². The lowest BCUT2D eigenvalue weighted by Gasteiger charge is -2.37. The molecule has 51 heavy (non-hydrogen) atoms. The van der Waals surface area contributed by atoms with Crippen molar-refractivity contribution in [3.63, 3.8) is 0 Å². The molecule has 0 unspecified atom stereocenters. The van der Waals surface area contributed by atoms with E-state index in [2.05, 4.69) is 10.6 Å². The predicted molar refractivity (Wildman–Crippen MR) is 180 cm³/mol. The second-order valence-corrected chi connectivity index (χ2v) is 12.0. The number of nitrogens with one attached hydrogen (secondary N) is 2. The summed E-state index contributed by atoms with van der Waals surface area (Å²) in [4.78, 5) is 82.3. The SMILES string of the molecule is O=C(Nc1ccc2c(c1)Oc1cc(NC(=O)c3ccccc3)ccc1C21OC(=O)c2ccc(C(=O)ON3C(=O)CCC3=O)cc21)c1ccccc1. The zero-order valence-electron chi connectivity index (χ0n) is 26.5. The second kappa shape index (κ2) is 12.1. The van der Waals surface area contributed by atoms with Gasteiger partial charge in [-0.15, -0.1) is 5.06 Å². The summed E-state index contributed by atoms with van der Waals surface area (Å²) >= 11 is 0. The van der Waals surface area contributed by atoms with Crippen LogP contribution < -0.4 is 15.4 Å². The molecule has 0 saturated carbocycles. The summed E-state index contributed by atoms with van der Waals surface area (Å²) in [5.41, 5.74) is 1.14. The number of hydrogen-bond acceptors (Lipinski definition) is 9. The van der Waals surface area contributed by atoms with Gasteiger partial charge in [-0.3, -0.25) is 19.2 Å². The summed E-state index contributed by atoms with van der Waals surface area (Å²) in [6.45, 7) is 0. The van der Waals surface area contributed by atoms with E-state index < -0.39 is 29.4 Å². The summed E-state index contributed by atoms with van der Waals surface area (Å²) in [6.07, 6.45) is -0.145. The fourth-order valence-corrected chi connectivity index (χ4v) is 6.38. The Morgan fingerprint density at radius 1 is 0.608 bits per heavy atom. The highest BCUT2D eigenvalue weighted by atomic mass is 16.7. The van der Waals surface area contributed by atoms with Crippen molar-refractivity contribution in [1.29, 1.82) is 0 Å². The molecule has 0 aromatic heterocycles. The number of hydroxylamine groups is 2. The van der Waals surface area contributed by atoms with E-state index in [4.69, 9.17) is 14.3 Å². The molecule has 12 nitrogen and oxygen atoms in total. The number of nitrogens with zero attached hydrogens (tertiary/aromatic N) is 1. The van der Waals surface area contributed by atoms with Gasteiger partial charge < -0.3 is 24.9 Å². The average molecular weight is 680 g/mol. The Morgan fingerprint density at radius 2 is 1.14 bits per heavy atom. The third-order valence-electron chi connectivity index (χ3n) is 8.81. The van der Waals surface area contributed by atoms with Crippen LogP contribution in [0.3, 0.4) is 0 Å². The van der Waals surface area contributed by atoms with Crippen LogP contribution in [0.1, 0.15) is 71.0 Å². The lowest BCUT2D eigenvalue weighted by molar-refractivity contribution is -0.172. The second-order valence-electron chi connectivity index (χ2n) is 12.0. The van der Waals surface area contributed by atoms with Gasteiger partial charge in [0.1, 0.15) is 11.5 Å². The molecule has 8 rings (SSSR count). The smallest absolute Gasteiger partial charge is 0.363 e. The van der Waals surface area contributed by atoms with E-state index in [1.165, 1.54) is 18.2 Å². The first-order valence-electron chi connectivity index (χ1n) is 15.9. The van der Waals surface area contributed by atoms with Crippen LogP contribution in [-0.4, -0.2) is 40.6 Å². The molecule has 2 N–H and O–H groups in total. The number of benzene rings is 5. The molecule has 5 aromatic rings. The molecular weight excluding hydrogens is 654 g/mol. The first-order chi connectivity index (χ1) is 24.7. The number of imide groups is 1. The van der Waals surface area contributed by atoms with Crippen molar-refractivity contribution in [2.24, 2.45) is 0 Å². The summed E-state index contributed by atoms with van der Waals surface area (Å²) < 4.78 is 12.6. The van der Waals surface area contributed by atoms with Gasteiger partial charge in [0, 0.05) is 64.2 Å². The predicted octanol–water partition coefficient (Wildman–Crippen LogP) is 5.98. The molecule has 0 atom stereocenters. The molecule has 12 heteroatoms. The number of ether oxygens (including phenoxy) is 2. The molecule has 3 aliphatic rings. The standard InChI is InChI=1S/C39H25N3O9/c43-33-17-18-34(44)42(33)51-37(47)24-11-14-27-30(19-24)39(50-38(27)48)28-15-12-25(40-35(45)22-7-3-1-4-8-22)20-31(28)49-32-21-26(13-16-29(32)39)41-36(46)23-9-5-2-6-10-23/h1-16,19-21H,17-18H2,(H,40,45)(H,41,46). The van der Waals surface area contributed by atoms with Crippen LogP contribution in [0.15, 0.2) is 115 Å². The van der Waals surface area contributed by atoms with Gasteiger partial charge in [0.2, 0.25) is 0 Å². The van der Waals surface area contributed by atoms with Crippen molar-refractivity contribution in [3.05, 3.63) is 154 Å². The van der Waals surface area contributed by atoms with Crippen LogP contribution in [0.5, 0.6) is 11.5 Å². The van der Waals surface area contributed by atoms with E-state index in [9.17, 15) is 28.8 Å². The number of anilines is 2. The number of amides is 4. The van der Waals surface area contributed by atoms with Gasteiger partial charge in [-0.2, -0.15) is 0 Å². The molecule has 4 amide bonds. The summed E-state index contributed by atoms with van der Waals surface area (Å²) in [5, 5.41) is 6.16. The van der Waals surface area contributed by atoms with Crippen LogP contribution >= 0.6 is 0 Å². The lowest BCUT2D eigenvalue weighted by Crippen LogP contribution is -2.34. The Balaban J connectivity index is 1.22. The van der Waals surface area contributed by atoms with Gasteiger partial charge in [0.05, 0.1) is 11.1 Å². The molecule has 250 valence electrons. The average Bonchev–Trinajstić information content (AvgIpc) is 3.62. The highest BCUT2D eigenvalue weighted by Crippen LogP contribution is 2.57. The molecule has 0 bridgehead atoms. The normalized spacial score (nSPS) is 14.9. The first-order valence-corrected chi connectivity index (χ1v) is 15.9. The van der Waals surface area contributed by atoms with Gasteiger partial charge in [-0.25, -0.2) is 9.59 Å². The van der Waals surface area contributed by atoms with Crippen molar-refractivity contribution >= 4 is 46.9 Å². The number of rotatable bonds is 6. The van der Waals surface area contributed by atoms with E-state index in [1.54, 1.807) is 97.1 Å². The highest BCUT2D eigenvalue weighted by Gasteiger charge is 2.54. The van der Waals surface area contributed by atoms with E-state index >= 15 is 0 Å². The Bertz CT molecular complexity index is 2200. The quantitative estimate of drug-likeness (QED) is 0.163. The van der Waals surface area contributed by atoms with Gasteiger partial charge >= 0.3 is 11.9 Å². The maximum absolute atomic E-state index is 13.6. The Kier molecular flexibility index (Phi) is 7.41. The number of carbonyl (C=O) groups is 6. The van der Waals surface area contributed by atoms with E-state index in [-0.39, 0.29) is 52.8 Å². The fourth-order valence-electron chi connectivity index (χ4n) is 6.38. The Labute approximate surface area is 289 Å². The summed E-state index contributed by atoms with van der Waals surface area (Å²) in [6, 6.07) is 31.2. The highest BCUT2D eigenvalue weighted by molar-refractivity contribution is 6.06. The van der Waals surface area contributed by atoms with Crippen LogP contribution in [0.4, 0.5) is 11.4 Å². The summed E-state index contributed by atoms with van der Waals surface area (Å²) in [5.74, 6) is -3.21. The minimum atomic E-state index is -1.66. The maximum atomic E-state index is 13.6. The lowest BCUT2D eigenvalue weighted by atomic mass is 9.77. The fraction of sp³-hybridized carbons (Fsp3) is 0.0769. The van der Waals surface area contributed by atoms with Crippen LogP contribution in [-0.2, 0) is 24.8 Å². The van der Waals surface area contributed by atoms with Crippen molar-refractivity contribution in [2.45, 2.75) is 18.4 Å². The first kappa shape index (κ1) is 31.2. The Morgan fingerprint density at radius 3 is 1.67 bits per heavy atom. The number of fused-ring (bicyclic) bond motifs is 6. The van der Waals surface area contributed by atoms with Crippen molar-refractivity contribution in [1.82, 2.24) is 5.06 Å². The number of carbonyl (C=O) groups excluding carboxylic acids is 6. The maximum Gasteiger partial charge on any atom is 0.363 e. The van der Waals surface area contributed by atoms with Gasteiger partial charge in [-0.1, -0.05) is 36.4 Å². The molecule has 1 spiro atoms. The largest absolute Gasteiger partial charge is 0.456 e. The third kappa shape index (κ3) is 5.35.